The Kier molecular flexibility index (Phi) is 3.61. The van der Waals surface area contributed by atoms with Gasteiger partial charge in [-0.3, -0.25) is 4.79 Å². The van der Waals surface area contributed by atoms with Crippen molar-refractivity contribution in [2.45, 2.75) is 12.8 Å². The number of rotatable bonds is 4. The van der Waals surface area contributed by atoms with Crippen molar-refractivity contribution in [3.63, 3.8) is 0 Å². The zero-order valence-corrected chi connectivity index (χ0v) is 12.0. The topological polar surface area (TPSA) is 91.8 Å². The van der Waals surface area contributed by atoms with Crippen LogP contribution in [0.4, 0.5) is 11.6 Å². The minimum Gasteiger partial charge on any atom is -0.347 e. The van der Waals surface area contributed by atoms with Gasteiger partial charge >= 0.3 is 0 Å². The number of fused-ring (bicyclic) bond motifs is 1. The molecule has 1 fully saturated rings. The van der Waals surface area contributed by atoms with Gasteiger partial charge in [-0.2, -0.15) is 0 Å². The highest BCUT2D eigenvalue weighted by atomic mass is 16.2. The molecule has 0 atom stereocenters. The number of nitrogen functional groups attached to an aromatic ring is 1. The molecule has 1 aliphatic heterocycles. The molecule has 0 radical (unpaired) electrons. The number of likely N-dealkylation sites (tertiary alicyclic amines) is 1. The number of carbonyl (C=O) groups is 1. The summed E-state index contributed by atoms with van der Waals surface area (Å²) in [5.41, 5.74) is 3.23. The third-order valence-corrected chi connectivity index (χ3v) is 3.70. The van der Waals surface area contributed by atoms with Crippen LogP contribution in [0.5, 0.6) is 0 Å². The van der Waals surface area contributed by atoms with Crippen LogP contribution in [-0.2, 0) is 4.79 Å². The number of nitrogens with two attached hydrogens (primary N) is 1. The third-order valence-electron chi connectivity index (χ3n) is 3.70. The molecule has 0 aromatic carbocycles. The summed E-state index contributed by atoms with van der Waals surface area (Å²) < 4.78 is 1.83. The minimum absolute atomic E-state index is 0.118. The largest absolute Gasteiger partial charge is 0.347 e. The lowest BCUT2D eigenvalue weighted by Crippen LogP contribution is -2.37. The van der Waals surface area contributed by atoms with Crippen LogP contribution in [0.15, 0.2) is 18.6 Å². The van der Waals surface area contributed by atoms with Crippen molar-refractivity contribution < 1.29 is 4.79 Å². The van der Waals surface area contributed by atoms with E-state index < -0.39 is 0 Å². The van der Waals surface area contributed by atoms with E-state index in [9.17, 15) is 4.79 Å². The molecule has 3 N–H and O–H groups in total. The number of hydrogen-bond acceptors (Lipinski definition) is 6. The minimum atomic E-state index is 0.118. The number of nitrogens with one attached hydrogen (secondary N) is 1. The molecule has 0 bridgehead atoms. The van der Waals surface area contributed by atoms with Crippen molar-refractivity contribution in [2.24, 2.45) is 5.84 Å². The van der Waals surface area contributed by atoms with Gasteiger partial charge < -0.3 is 19.6 Å². The van der Waals surface area contributed by atoms with Gasteiger partial charge in [0.05, 0.1) is 12.7 Å². The van der Waals surface area contributed by atoms with Crippen molar-refractivity contribution in [3.8, 4) is 0 Å². The molecule has 8 nitrogen and oxygen atoms in total. The zero-order valence-electron chi connectivity index (χ0n) is 12.0. The summed E-state index contributed by atoms with van der Waals surface area (Å²) in [5, 5.41) is 0. The summed E-state index contributed by atoms with van der Waals surface area (Å²) in [4.78, 5) is 24.6. The van der Waals surface area contributed by atoms with Crippen LogP contribution in [0.3, 0.4) is 0 Å². The second-order valence-corrected chi connectivity index (χ2v) is 5.20. The molecule has 1 aliphatic rings. The highest BCUT2D eigenvalue weighted by Crippen LogP contribution is 2.19. The summed E-state index contributed by atoms with van der Waals surface area (Å²) in [5.74, 6) is 6.71. The van der Waals surface area contributed by atoms with E-state index >= 15 is 0 Å². The molecule has 0 saturated carbocycles. The first-order chi connectivity index (χ1) is 10.2. The molecule has 0 unspecified atom stereocenters. The van der Waals surface area contributed by atoms with Crippen molar-refractivity contribution in [1.29, 1.82) is 0 Å². The predicted molar refractivity (Wildman–Crippen MR) is 79.9 cm³/mol. The lowest BCUT2D eigenvalue weighted by atomic mass is 10.4. The number of likely N-dealkylation sites (N-methyl/N-ethyl adjacent to an activating group) is 1. The Morgan fingerprint density at radius 3 is 2.95 bits per heavy atom. The molecular weight excluding hydrogens is 270 g/mol. The van der Waals surface area contributed by atoms with Crippen LogP contribution >= 0.6 is 0 Å². The van der Waals surface area contributed by atoms with E-state index in [2.05, 4.69) is 15.4 Å². The zero-order chi connectivity index (χ0) is 14.8. The van der Waals surface area contributed by atoms with E-state index in [0.29, 0.717) is 17.3 Å². The number of nitrogens with zero attached hydrogens (tertiary/aromatic N) is 5. The molecule has 0 spiro atoms. The normalized spacial score (nSPS) is 14.7. The van der Waals surface area contributed by atoms with Crippen LogP contribution in [0.25, 0.3) is 5.65 Å². The van der Waals surface area contributed by atoms with Gasteiger partial charge in [-0.1, -0.05) is 0 Å². The standard InChI is InChI=1S/C13H19N7O/c1-18(9-11(21)19-5-2-3-6-19)13-12-15-4-7-20(12)8-10(16-13)17-14/h4,7-8,17H,2-3,5-6,9,14H2,1H3. The Hall–Kier alpha value is -2.35. The number of carbonyl (C=O) groups excluding carboxylic acids is 1. The van der Waals surface area contributed by atoms with Gasteiger partial charge in [-0.15, -0.1) is 0 Å². The van der Waals surface area contributed by atoms with Crippen molar-refractivity contribution in [2.75, 3.05) is 37.0 Å². The Balaban J connectivity index is 1.84. The van der Waals surface area contributed by atoms with Gasteiger partial charge in [-0.05, 0) is 12.8 Å². The molecule has 112 valence electrons. The Morgan fingerprint density at radius 1 is 1.48 bits per heavy atom. The fourth-order valence-corrected chi connectivity index (χ4v) is 2.59. The highest BCUT2D eigenvalue weighted by molar-refractivity contribution is 5.83. The molecule has 2 aromatic rings. The second kappa shape index (κ2) is 5.57. The number of hydrazine groups is 1. The molecule has 3 rings (SSSR count). The van der Waals surface area contributed by atoms with Gasteiger partial charge in [0.25, 0.3) is 0 Å². The second-order valence-electron chi connectivity index (χ2n) is 5.20. The summed E-state index contributed by atoms with van der Waals surface area (Å²) in [6, 6.07) is 0. The number of aromatic nitrogens is 3. The van der Waals surface area contributed by atoms with E-state index in [1.165, 1.54) is 0 Å². The van der Waals surface area contributed by atoms with Crippen LogP contribution in [0.2, 0.25) is 0 Å². The SMILES string of the molecule is CN(CC(=O)N1CCCC1)c1nc(NN)cn2ccnc12. The number of hydrogen-bond donors (Lipinski definition) is 2. The molecule has 1 saturated heterocycles. The summed E-state index contributed by atoms with van der Waals surface area (Å²) >= 11 is 0. The molecule has 1 amide bonds. The monoisotopic (exact) mass is 289 g/mol. The lowest BCUT2D eigenvalue weighted by Gasteiger charge is -2.22. The molecule has 3 heterocycles. The van der Waals surface area contributed by atoms with Gasteiger partial charge in [-0.25, -0.2) is 15.8 Å². The van der Waals surface area contributed by atoms with Crippen molar-refractivity contribution in [1.82, 2.24) is 19.3 Å². The fraction of sp³-hybridized carbons (Fsp3) is 0.462. The maximum Gasteiger partial charge on any atom is 0.242 e. The molecule has 0 aliphatic carbocycles. The smallest absolute Gasteiger partial charge is 0.242 e. The lowest BCUT2D eigenvalue weighted by molar-refractivity contribution is -0.128. The summed E-state index contributed by atoms with van der Waals surface area (Å²) in [6.45, 7) is 1.98. The number of amides is 1. The van der Waals surface area contributed by atoms with E-state index in [1.54, 1.807) is 12.4 Å². The first kappa shape index (κ1) is 13.6. The van der Waals surface area contributed by atoms with E-state index in [0.717, 1.165) is 25.9 Å². The Morgan fingerprint density at radius 2 is 2.24 bits per heavy atom. The average molecular weight is 289 g/mol. The van der Waals surface area contributed by atoms with Crippen molar-refractivity contribution in [3.05, 3.63) is 18.6 Å². The van der Waals surface area contributed by atoms with Crippen LogP contribution in [0, 0.1) is 0 Å². The highest BCUT2D eigenvalue weighted by Gasteiger charge is 2.21. The average Bonchev–Trinajstić information content (AvgIpc) is 3.16. The molecular formula is C13H19N7O. The van der Waals surface area contributed by atoms with Gasteiger partial charge in [0.2, 0.25) is 5.91 Å². The van der Waals surface area contributed by atoms with Gasteiger partial charge in [0.1, 0.15) is 0 Å². The number of imidazole rings is 1. The molecule has 8 heteroatoms. The Labute approximate surface area is 122 Å². The third kappa shape index (κ3) is 2.62. The maximum absolute atomic E-state index is 12.2. The van der Waals surface area contributed by atoms with Crippen LogP contribution in [-0.4, -0.2) is 51.9 Å². The van der Waals surface area contributed by atoms with Gasteiger partial charge in [0.15, 0.2) is 17.3 Å². The predicted octanol–water partition coefficient (Wildman–Crippen LogP) is 0.0735. The Bertz CT molecular complexity index is 647. The number of anilines is 2. The first-order valence-corrected chi connectivity index (χ1v) is 6.98. The first-order valence-electron chi connectivity index (χ1n) is 6.98. The molecule has 21 heavy (non-hydrogen) atoms. The van der Waals surface area contributed by atoms with E-state index in [-0.39, 0.29) is 12.5 Å². The van der Waals surface area contributed by atoms with Crippen molar-refractivity contribution >= 4 is 23.2 Å². The van der Waals surface area contributed by atoms with E-state index in [1.807, 2.05) is 27.4 Å². The van der Waals surface area contributed by atoms with Gasteiger partial charge in [0, 0.05) is 32.5 Å². The summed E-state index contributed by atoms with van der Waals surface area (Å²) in [7, 11) is 1.84. The van der Waals surface area contributed by atoms with Crippen LogP contribution < -0.4 is 16.2 Å². The summed E-state index contributed by atoms with van der Waals surface area (Å²) in [6.07, 6.45) is 7.44. The molecule has 2 aromatic heterocycles. The quantitative estimate of drug-likeness (QED) is 0.611. The fourth-order valence-electron chi connectivity index (χ4n) is 2.59. The van der Waals surface area contributed by atoms with E-state index in [4.69, 9.17) is 5.84 Å². The maximum atomic E-state index is 12.2. The van der Waals surface area contributed by atoms with Crippen LogP contribution in [0.1, 0.15) is 12.8 Å².